The molecule has 1 fully saturated rings. The molecule has 0 spiro atoms. The van der Waals surface area contributed by atoms with Crippen LogP contribution in [0.15, 0.2) is 18.3 Å². The summed E-state index contributed by atoms with van der Waals surface area (Å²) >= 11 is 0. The number of aryl methyl sites for hydroxylation is 2. The van der Waals surface area contributed by atoms with Crippen LogP contribution in [0.4, 0.5) is 11.6 Å². The van der Waals surface area contributed by atoms with E-state index in [0.717, 1.165) is 56.5 Å². The summed E-state index contributed by atoms with van der Waals surface area (Å²) < 4.78 is 0. The van der Waals surface area contributed by atoms with Crippen LogP contribution in [0.25, 0.3) is 0 Å². The van der Waals surface area contributed by atoms with E-state index in [2.05, 4.69) is 25.8 Å². The Morgan fingerprint density at radius 3 is 2.48 bits per heavy atom. The first-order valence-corrected chi connectivity index (χ1v) is 8.97. The number of nitrogens with zero attached hydrogens (tertiary/aromatic N) is 6. The Bertz CT molecular complexity index is 800. The molecule has 0 atom stereocenters. The molecule has 0 aromatic carbocycles. The summed E-state index contributed by atoms with van der Waals surface area (Å²) in [6.45, 7) is 5.69. The molecule has 0 N–H and O–H groups in total. The molecule has 6 nitrogen and oxygen atoms in total. The predicted molar refractivity (Wildman–Crippen MR) is 96.8 cm³/mol. The number of nitriles is 1. The molecule has 2 aromatic rings. The Morgan fingerprint density at radius 1 is 1.00 bits per heavy atom. The van der Waals surface area contributed by atoms with Crippen LogP contribution in [0.1, 0.15) is 35.5 Å². The lowest BCUT2D eigenvalue weighted by atomic mass is 9.96. The van der Waals surface area contributed by atoms with Gasteiger partial charge in [-0.15, -0.1) is 0 Å². The Morgan fingerprint density at radius 2 is 1.76 bits per heavy atom. The largest absolute Gasteiger partial charge is 0.353 e. The average molecular weight is 334 g/mol. The van der Waals surface area contributed by atoms with Gasteiger partial charge in [-0.25, -0.2) is 15.0 Å². The second kappa shape index (κ2) is 6.67. The number of hydrogen-bond donors (Lipinski definition) is 0. The van der Waals surface area contributed by atoms with E-state index in [-0.39, 0.29) is 0 Å². The van der Waals surface area contributed by atoms with Gasteiger partial charge in [-0.2, -0.15) is 5.26 Å². The SMILES string of the molecule is Cc1nc2c(c(N3CCN(c4ccc(C#N)cn4)CC3)n1)CCCC2. The standard InChI is InChI=1S/C19H22N6/c1-14-22-17-5-3-2-4-16(17)19(23-14)25-10-8-24(9-11-25)18-7-6-15(12-20)13-21-18/h6-7,13H,2-5,8-11H2,1H3. The molecule has 0 radical (unpaired) electrons. The molecule has 2 aliphatic rings. The maximum absolute atomic E-state index is 8.90. The lowest BCUT2D eigenvalue weighted by Gasteiger charge is -2.37. The Labute approximate surface area is 148 Å². The number of aromatic nitrogens is 3. The van der Waals surface area contributed by atoms with Crippen LogP contribution in [-0.2, 0) is 12.8 Å². The number of anilines is 2. The van der Waals surface area contributed by atoms with Gasteiger partial charge in [-0.1, -0.05) is 0 Å². The van der Waals surface area contributed by atoms with E-state index in [0.29, 0.717) is 5.56 Å². The summed E-state index contributed by atoms with van der Waals surface area (Å²) in [6, 6.07) is 5.88. The van der Waals surface area contributed by atoms with Crippen LogP contribution < -0.4 is 9.80 Å². The van der Waals surface area contributed by atoms with Crippen LogP contribution in [-0.4, -0.2) is 41.1 Å². The maximum Gasteiger partial charge on any atom is 0.135 e. The molecule has 1 aliphatic carbocycles. The van der Waals surface area contributed by atoms with E-state index in [1.165, 1.54) is 24.1 Å². The van der Waals surface area contributed by atoms with Crippen molar-refractivity contribution < 1.29 is 0 Å². The van der Waals surface area contributed by atoms with E-state index in [1.54, 1.807) is 6.20 Å². The van der Waals surface area contributed by atoms with Gasteiger partial charge in [-0.05, 0) is 44.7 Å². The molecule has 4 rings (SSSR count). The molecular formula is C19H22N6. The van der Waals surface area contributed by atoms with E-state index in [1.807, 2.05) is 19.1 Å². The molecule has 0 unspecified atom stereocenters. The highest BCUT2D eigenvalue weighted by atomic mass is 15.3. The van der Waals surface area contributed by atoms with Crippen LogP contribution in [0.2, 0.25) is 0 Å². The molecule has 0 saturated carbocycles. The van der Waals surface area contributed by atoms with Gasteiger partial charge in [0.15, 0.2) is 0 Å². The molecule has 2 aromatic heterocycles. The second-order valence-corrected chi connectivity index (χ2v) is 6.72. The molecule has 1 aliphatic heterocycles. The normalized spacial score (nSPS) is 17.1. The summed E-state index contributed by atoms with van der Waals surface area (Å²) in [5.41, 5.74) is 3.22. The fourth-order valence-electron chi connectivity index (χ4n) is 3.74. The summed E-state index contributed by atoms with van der Waals surface area (Å²) in [6.07, 6.45) is 6.30. The number of hydrogen-bond acceptors (Lipinski definition) is 6. The van der Waals surface area contributed by atoms with Gasteiger partial charge in [0.05, 0.1) is 5.56 Å². The average Bonchev–Trinajstić information content (AvgIpc) is 2.67. The smallest absolute Gasteiger partial charge is 0.135 e. The molecule has 0 amide bonds. The number of pyridine rings is 1. The van der Waals surface area contributed by atoms with Crippen molar-refractivity contribution in [2.75, 3.05) is 36.0 Å². The minimum Gasteiger partial charge on any atom is -0.353 e. The van der Waals surface area contributed by atoms with E-state index < -0.39 is 0 Å². The fourth-order valence-corrected chi connectivity index (χ4v) is 3.74. The first-order valence-electron chi connectivity index (χ1n) is 8.97. The van der Waals surface area contributed by atoms with Crippen molar-refractivity contribution in [3.63, 3.8) is 0 Å². The van der Waals surface area contributed by atoms with Gasteiger partial charge in [0.25, 0.3) is 0 Å². The number of piperazine rings is 1. The molecule has 25 heavy (non-hydrogen) atoms. The van der Waals surface area contributed by atoms with Crippen molar-refractivity contribution in [2.45, 2.75) is 32.6 Å². The van der Waals surface area contributed by atoms with E-state index in [9.17, 15) is 0 Å². The minimum atomic E-state index is 0.602. The molecule has 1 saturated heterocycles. The summed E-state index contributed by atoms with van der Waals surface area (Å²) in [4.78, 5) is 18.5. The number of fused-ring (bicyclic) bond motifs is 1. The number of rotatable bonds is 2. The van der Waals surface area contributed by atoms with Crippen LogP contribution >= 0.6 is 0 Å². The maximum atomic E-state index is 8.90. The Balaban J connectivity index is 1.50. The second-order valence-electron chi connectivity index (χ2n) is 6.72. The van der Waals surface area contributed by atoms with Crippen molar-refractivity contribution in [1.82, 2.24) is 15.0 Å². The van der Waals surface area contributed by atoms with Gasteiger partial charge >= 0.3 is 0 Å². The zero-order chi connectivity index (χ0) is 17.2. The monoisotopic (exact) mass is 334 g/mol. The first kappa shape index (κ1) is 15.8. The molecule has 0 bridgehead atoms. The first-order chi connectivity index (χ1) is 12.2. The van der Waals surface area contributed by atoms with Crippen molar-refractivity contribution in [3.8, 4) is 6.07 Å². The fraction of sp³-hybridized carbons (Fsp3) is 0.474. The minimum absolute atomic E-state index is 0.602. The third-order valence-corrected chi connectivity index (χ3v) is 5.05. The summed E-state index contributed by atoms with van der Waals surface area (Å²) in [5, 5.41) is 8.90. The lowest BCUT2D eigenvalue weighted by molar-refractivity contribution is 0.617. The van der Waals surface area contributed by atoms with Gasteiger partial charge in [0, 0.05) is 43.6 Å². The van der Waals surface area contributed by atoms with Crippen LogP contribution in [0.3, 0.4) is 0 Å². The highest BCUT2D eigenvalue weighted by molar-refractivity contribution is 5.52. The van der Waals surface area contributed by atoms with Gasteiger partial charge < -0.3 is 9.80 Å². The molecule has 128 valence electrons. The van der Waals surface area contributed by atoms with E-state index >= 15 is 0 Å². The molecule has 6 heteroatoms. The van der Waals surface area contributed by atoms with Crippen molar-refractivity contribution in [2.24, 2.45) is 0 Å². The highest BCUT2D eigenvalue weighted by Gasteiger charge is 2.24. The molecular weight excluding hydrogens is 312 g/mol. The van der Waals surface area contributed by atoms with Crippen molar-refractivity contribution in [3.05, 3.63) is 41.0 Å². The third-order valence-electron chi connectivity index (χ3n) is 5.05. The van der Waals surface area contributed by atoms with Crippen LogP contribution in [0.5, 0.6) is 0 Å². The third kappa shape index (κ3) is 3.14. The summed E-state index contributed by atoms with van der Waals surface area (Å²) in [7, 11) is 0. The highest BCUT2D eigenvalue weighted by Crippen LogP contribution is 2.29. The Hall–Kier alpha value is -2.68. The Kier molecular flexibility index (Phi) is 4.22. The quantitative estimate of drug-likeness (QED) is 0.839. The molecule has 3 heterocycles. The van der Waals surface area contributed by atoms with Gasteiger partial charge in [0.1, 0.15) is 23.5 Å². The van der Waals surface area contributed by atoms with Gasteiger partial charge in [0.2, 0.25) is 0 Å². The zero-order valence-corrected chi connectivity index (χ0v) is 14.6. The predicted octanol–water partition coefficient (Wildman–Crippen LogP) is 2.26. The summed E-state index contributed by atoms with van der Waals surface area (Å²) in [5.74, 6) is 2.97. The van der Waals surface area contributed by atoms with Crippen molar-refractivity contribution in [1.29, 1.82) is 5.26 Å². The zero-order valence-electron chi connectivity index (χ0n) is 14.6. The van der Waals surface area contributed by atoms with E-state index in [4.69, 9.17) is 10.2 Å². The van der Waals surface area contributed by atoms with Gasteiger partial charge in [-0.3, -0.25) is 0 Å². The van der Waals surface area contributed by atoms with Crippen LogP contribution in [0, 0.1) is 18.3 Å². The lowest BCUT2D eigenvalue weighted by Crippen LogP contribution is -2.47. The topological polar surface area (TPSA) is 68.9 Å². The van der Waals surface area contributed by atoms with Crippen molar-refractivity contribution >= 4 is 11.6 Å².